The van der Waals surface area contributed by atoms with Gasteiger partial charge in [0, 0.05) is 16.8 Å². The first-order valence-corrected chi connectivity index (χ1v) is 7.78. The molecule has 0 amide bonds. The number of anilines is 3. The van der Waals surface area contributed by atoms with Crippen molar-refractivity contribution in [2.75, 3.05) is 11.1 Å². The normalized spacial score (nSPS) is 11.2. The molecule has 3 N–H and O–H groups in total. The highest BCUT2D eigenvalue weighted by atomic mass is 19.4. The molecule has 0 saturated heterocycles. The fraction of sp³-hybridized carbons (Fsp3) is 0.0500. The van der Waals surface area contributed by atoms with Gasteiger partial charge in [-0.25, -0.2) is 0 Å². The fourth-order valence-corrected chi connectivity index (χ4v) is 2.45. The van der Waals surface area contributed by atoms with Crippen LogP contribution in [0, 0.1) is 0 Å². The predicted octanol–water partition coefficient (Wildman–Crippen LogP) is 5.26. The lowest BCUT2D eigenvalue weighted by atomic mass is 10.0. The first kappa shape index (κ1) is 17.5. The van der Waals surface area contributed by atoms with E-state index >= 15 is 0 Å². The number of hydrogen-bond acceptors (Lipinski definition) is 3. The van der Waals surface area contributed by atoms with Gasteiger partial charge in [0.15, 0.2) is 5.78 Å². The number of nitrogen functional groups attached to an aromatic ring is 1. The van der Waals surface area contributed by atoms with Crippen molar-refractivity contribution in [2.24, 2.45) is 0 Å². The Morgan fingerprint density at radius 1 is 0.808 bits per heavy atom. The number of benzene rings is 3. The van der Waals surface area contributed by atoms with Crippen molar-refractivity contribution < 1.29 is 18.0 Å². The lowest BCUT2D eigenvalue weighted by Crippen LogP contribution is -2.06. The highest BCUT2D eigenvalue weighted by Crippen LogP contribution is 2.29. The molecule has 0 aromatic heterocycles. The second-order valence-electron chi connectivity index (χ2n) is 5.69. The Balaban J connectivity index is 1.76. The van der Waals surface area contributed by atoms with Crippen molar-refractivity contribution in [3.8, 4) is 0 Å². The van der Waals surface area contributed by atoms with Gasteiger partial charge in [-0.05, 0) is 48.5 Å². The van der Waals surface area contributed by atoms with E-state index in [0.29, 0.717) is 11.3 Å². The molecule has 3 rings (SSSR count). The molecule has 0 aliphatic heterocycles. The molecule has 132 valence electrons. The lowest BCUT2D eigenvalue weighted by molar-refractivity contribution is -0.137. The van der Waals surface area contributed by atoms with Crippen LogP contribution in [0.15, 0.2) is 72.8 Å². The summed E-state index contributed by atoms with van der Waals surface area (Å²) in [6.45, 7) is 0. The highest BCUT2D eigenvalue weighted by molar-refractivity contribution is 6.09. The molecule has 0 spiro atoms. The Kier molecular flexibility index (Phi) is 4.67. The first-order chi connectivity index (χ1) is 12.3. The molecule has 0 aliphatic carbocycles. The molecule has 0 atom stereocenters. The van der Waals surface area contributed by atoms with Crippen LogP contribution in [0.1, 0.15) is 21.5 Å². The molecule has 3 nitrogen and oxygen atoms in total. The van der Waals surface area contributed by atoms with Crippen LogP contribution in [0.2, 0.25) is 0 Å². The molecule has 3 aromatic rings. The van der Waals surface area contributed by atoms with Crippen molar-refractivity contribution in [3.05, 3.63) is 89.5 Å². The van der Waals surface area contributed by atoms with Crippen molar-refractivity contribution in [3.63, 3.8) is 0 Å². The molecule has 0 radical (unpaired) electrons. The van der Waals surface area contributed by atoms with E-state index in [1.54, 1.807) is 30.3 Å². The number of para-hydroxylation sites is 2. The topological polar surface area (TPSA) is 55.1 Å². The van der Waals surface area contributed by atoms with Gasteiger partial charge < -0.3 is 11.1 Å². The minimum atomic E-state index is -4.42. The van der Waals surface area contributed by atoms with Gasteiger partial charge in [0.2, 0.25) is 0 Å². The second-order valence-corrected chi connectivity index (χ2v) is 5.69. The van der Waals surface area contributed by atoms with Crippen molar-refractivity contribution in [1.82, 2.24) is 0 Å². The lowest BCUT2D eigenvalue weighted by Gasteiger charge is -2.10. The van der Waals surface area contributed by atoms with E-state index in [9.17, 15) is 18.0 Å². The standard InChI is InChI=1S/C20H15F3N2O/c21-20(22,23)15-9-5-13(6-10-15)19(26)14-7-11-16(12-8-14)25-18-4-2-1-3-17(18)24/h1-12,25H,24H2. The maximum absolute atomic E-state index is 12.6. The molecule has 0 unspecified atom stereocenters. The van der Waals surface area contributed by atoms with Crippen LogP contribution in [0.25, 0.3) is 0 Å². The summed E-state index contributed by atoms with van der Waals surface area (Å²) in [5.41, 5.74) is 7.75. The van der Waals surface area contributed by atoms with Gasteiger partial charge in [-0.2, -0.15) is 13.2 Å². The average Bonchev–Trinajstić information content (AvgIpc) is 2.63. The summed E-state index contributed by atoms with van der Waals surface area (Å²) in [7, 11) is 0. The number of nitrogens with two attached hydrogens (primary N) is 1. The number of carbonyl (C=O) groups excluding carboxylic acids is 1. The van der Waals surface area contributed by atoms with E-state index in [2.05, 4.69) is 5.32 Å². The molecule has 0 heterocycles. The van der Waals surface area contributed by atoms with Crippen LogP contribution in [0.4, 0.5) is 30.2 Å². The molecule has 6 heteroatoms. The SMILES string of the molecule is Nc1ccccc1Nc1ccc(C(=O)c2ccc(C(F)(F)F)cc2)cc1. The summed E-state index contributed by atoms with van der Waals surface area (Å²) >= 11 is 0. The smallest absolute Gasteiger partial charge is 0.397 e. The van der Waals surface area contributed by atoms with Gasteiger partial charge in [0.05, 0.1) is 16.9 Å². The average molecular weight is 356 g/mol. The number of alkyl halides is 3. The van der Waals surface area contributed by atoms with E-state index < -0.39 is 11.7 Å². The number of rotatable bonds is 4. The van der Waals surface area contributed by atoms with E-state index in [1.165, 1.54) is 12.1 Å². The molecule has 26 heavy (non-hydrogen) atoms. The first-order valence-electron chi connectivity index (χ1n) is 7.78. The largest absolute Gasteiger partial charge is 0.416 e. The summed E-state index contributed by atoms with van der Waals surface area (Å²) in [6, 6.07) is 18.1. The van der Waals surface area contributed by atoms with E-state index in [0.717, 1.165) is 23.5 Å². The van der Waals surface area contributed by atoms with Crippen LogP contribution < -0.4 is 11.1 Å². The summed E-state index contributed by atoms with van der Waals surface area (Å²) in [5, 5.41) is 3.14. The summed E-state index contributed by atoms with van der Waals surface area (Å²) < 4.78 is 37.8. The maximum atomic E-state index is 12.6. The van der Waals surface area contributed by atoms with Crippen molar-refractivity contribution >= 4 is 22.8 Å². The second kappa shape index (κ2) is 6.92. The minimum Gasteiger partial charge on any atom is -0.397 e. The van der Waals surface area contributed by atoms with Gasteiger partial charge in [-0.3, -0.25) is 4.79 Å². The zero-order valence-electron chi connectivity index (χ0n) is 13.5. The van der Waals surface area contributed by atoms with E-state index in [-0.39, 0.29) is 11.3 Å². The Bertz CT molecular complexity index is 917. The van der Waals surface area contributed by atoms with Gasteiger partial charge >= 0.3 is 6.18 Å². The monoisotopic (exact) mass is 356 g/mol. The molecule has 0 fully saturated rings. The zero-order valence-corrected chi connectivity index (χ0v) is 13.5. The van der Waals surface area contributed by atoms with E-state index in [4.69, 9.17) is 5.73 Å². The zero-order chi connectivity index (χ0) is 18.7. The van der Waals surface area contributed by atoms with Crippen molar-refractivity contribution in [1.29, 1.82) is 0 Å². The minimum absolute atomic E-state index is 0.200. The third kappa shape index (κ3) is 3.85. The van der Waals surface area contributed by atoms with Gasteiger partial charge in [-0.15, -0.1) is 0 Å². The molecule has 0 saturated carbocycles. The van der Waals surface area contributed by atoms with Crippen LogP contribution in [-0.2, 0) is 6.18 Å². The molecule has 0 aliphatic rings. The van der Waals surface area contributed by atoms with Gasteiger partial charge in [0.25, 0.3) is 0 Å². The number of carbonyl (C=O) groups is 1. The predicted molar refractivity (Wildman–Crippen MR) is 95.5 cm³/mol. The molecular formula is C20H15F3N2O. The third-order valence-corrected chi connectivity index (χ3v) is 3.86. The van der Waals surface area contributed by atoms with Gasteiger partial charge in [0.1, 0.15) is 0 Å². The fourth-order valence-electron chi connectivity index (χ4n) is 2.45. The number of hydrogen-bond donors (Lipinski definition) is 2. The molecule has 3 aromatic carbocycles. The third-order valence-electron chi connectivity index (χ3n) is 3.86. The number of nitrogens with one attached hydrogen (secondary N) is 1. The van der Waals surface area contributed by atoms with Crippen LogP contribution in [0.3, 0.4) is 0 Å². The van der Waals surface area contributed by atoms with Crippen LogP contribution >= 0.6 is 0 Å². The quantitative estimate of drug-likeness (QED) is 0.495. The molecular weight excluding hydrogens is 341 g/mol. The Morgan fingerprint density at radius 3 is 1.88 bits per heavy atom. The Morgan fingerprint density at radius 2 is 1.35 bits per heavy atom. The Labute approximate surface area is 148 Å². The summed E-state index contributed by atoms with van der Waals surface area (Å²) in [5.74, 6) is -0.343. The number of halogens is 3. The molecule has 0 bridgehead atoms. The maximum Gasteiger partial charge on any atom is 0.416 e. The van der Waals surface area contributed by atoms with E-state index in [1.807, 2.05) is 18.2 Å². The summed E-state index contributed by atoms with van der Waals surface area (Å²) in [6.07, 6.45) is -4.42. The van der Waals surface area contributed by atoms with Crippen LogP contribution in [0.5, 0.6) is 0 Å². The Hall–Kier alpha value is -3.28. The van der Waals surface area contributed by atoms with Crippen molar-refractivity contribution in [2.45, 2.75) is 6.18 Å². The van der Waals surface area contributed by atoms with Gasteiger partial charge in [-0.1, -0.05) is 24.3 Å². The number of ketones is 1. The highest BCUT2D eigenvalue weighted by Gasteiger charge is 2.30. The van der Waals surface area contributed by atoms with Crippen LogP contribution in [-0.4, -0.2) is 5.78 Å². The summed E-state index contributed by atoms with van der Waals surface area (Å²) in [4.78, 5) is 12.4.